The van der Waals surface area contributed by atoms with Crippen LogP contribution in [-0.4, -0.2) is 85.7 Å². The van der Waals surface area contributed by atoms with Gasteiger partial charge in [-0.25, -0.2) is 22.2 Å². The maximum absolute atomic E-state index is 15.7. The largest absolute Gasteiger partial charge is 0.495 e. The molecular formula is C37H45Cl2F2N4O5S2+. The van der Waals surface area contributed by atoms with E-state index in [1.807, 2.05) is 30.5 Å². The molecule has 4 rings (SSSR count). The number of methoxy groups -OCH3 is 1. The number of nitrogens with zero attached hydrogens (tertiary/aromatic N) is 4. The Balaban J connectivity index is 1.61. The number of rotatable bonds is 17. The number of carboxylic acid groups (broad SMARTS) is 1. The average Bonchev–Trinajstić information content (AvgIpc) is 3.50. The monoisotopic (exact) mass is 797 g/mol. The first-order valence-electron chi connectivity index (χ1n) is 16.6. The number of sulfonamides is 1. The van der Waals surface area contributed by atoms with Crippen LogP contribution in [0.25, 0.3) is 5.69 Å². The summed E-state index contributed by atoms with van der Waals surface area (Å²) in [6, 6.07) is 12.0. The Morgan fingerprint density at radius 2 is 1.71 bits per heavy atom. The van der Waals surface area contributed by atoms with E-state index in [4.69, 9.17) is 27.9 Å². The summed E-state index contributed by atoms with van der Waals surface area (Å²) in [5.74, 6) is -2.10. The molecule has 4 aromatic rings. The van der Waals surface area contributed by atoms with Crippen molar-refractivity contribution < 1.29 is 36.3 Å². The molecule has 1 heterocycles. The number of aromatic nitrogens is 2. The summed E-state index contributed by atoms with van der Waals surface area (Å²) in [7, 11) is 4.49. The van der Waals surface area contributed by atoms with Crippen molar-refractivity contribution in [1.29, 1.82) is 0 Å². The number of quaternary nitrogens is 1. The van der Waals surface area contributed by atoms with Crippen molar-refractivity contribution in [2.45, 2.75) is 66.8 Å². The maximum atomic E-state index is 15.7. The Morgan fingerprint density at radius 1 is 1.04 bits per heavy atom. The number of benzene rings is 3. The van der Waals surface area contributed by atoms with Gasteiger partial charge in [-0.2, -0.15) is 4.31 Å². The molecule has 1 aromatic heterocycles. The van der Waals surface area contributed by atoms with E-state index in [-0.39, 0.29) is 22.8 Å². The van der Waals surface area contributed by atoms with Crippen LogP contribution in [0.15, 0.2) is 70.8 Å². The second-order valence-corrected chi connectivity index (χ2v) is 17.9. The number of ether oxygens (including phenoxy) is 1. The predicted octanol–water partition coefficient (Wildman–Crippen LogP) is 8.42. The number of hydrogen-bond acceptors (Lipinski definition) is 6. The van der Waals surface area contributed by atoms with Gasteiger partial charge in [-0.3, -0.25) is 9.36 Å². The number of imidazole rings is 1. The molecule has 0 radical (unpaired) electrons. The van der Waals surface area contributed by atoms with Gasteiger partial charge in [0.15, 0.2) is 5.16 Å². The van der Waals surface area contributed by atoms with Crippen LogP contribution in [0.2, 0.25) is 10.0 Å². The number of carbonyl (C=O) groups is 1. The summed E-state index contributed by atoms with van der Waals surface area (Å²) in [5.41, 5.74) is 1.60. The van der Waals surface area contributed by atoms with Crippen LogP contribution >= 0.6 is 35.0 Å². The highest BCUT2D eigenvalue weighted by Crippen LogP contribution is 2.40. The summed E-state index contributed by atoms with van der Waals surface area (Å²) in [5, 5.41) is 10.7. The number of hydrogen-bond donors (Lipinski definition) is 1. The van der Waals surface area contributed by atoms with Crippen molar-refractivity contribution in [2.24, 2.45) is 0 Å². The van der Waals surface area contributed by atoms with Crippen LogP contribution in [0, 0.1) is 11.6 Å². The molecular weight excluding hydrogens is 753 g/mol. The number of unbranched alkanes of at least 4 members (excludes halogenated alkanes) is 2. The molecule has 0 aliphatic rings. The van der Waals surface area contributed by atoms with Gasteiger partial charge in [-0.1, -0.05) is 61.3 Å². The first-order valence-corrected chi connectivity index (χ1v) is 19.8. The van der Waals surface area contributed by atoms with E-state index in [2.05, 4.69) is 26.1 Å². The fourth-order valence-corrected chi connectivity index (χ4v) is 8.83. The SMILES string of the molecule is COc1cc(C(C)(C)c2cnc(SCc3c(F)cc(S(=O)(=O)N(C)C(CCCCC[N+](C)(C)C)C(=O)O)cc3Cl)n2-c2ccc(F)cc2)ccc1Cl. The molecule has 1 N–H and O–H groups in total. The molecule has 0 saturated heterocycles. The van der Waals surface area contributed by atoms with Crippen molar-refractivity contribution in [3.05, 3.63) is 99.3 Å². The third-order valence-corrected chi connectivity index (χ3v) is 12.5. The molecule has 0 amide bonds. The molecule has 0 fully saturated rings. The Morgan fingerprint density at radius 3 is 2.31 bits per heavy atom. The van der Waals surface area contributed by atoms with E-state index in [0.717, 1.165) is 63.3 Å². The normalized spacial score (nSPS) is 13.1. The minimum absolute atomic E-state index is 0.0291. The zero-order valence-electron chi connectivity index (χ0n) is 30.3. The second-order valence-electron chi connectivity index (χ2n) is 14.1. The number of aliphatic carboxylic acids is 1. The zero-order chi connectivity index (χ0) is 38.6. The third-order valence-electron chi connectivity index (χ3n) is 9.00. The molecule has 0 aliphatic heterocycles. The Labute approximate surface area is 319 Å². The minimum atomic E-state index is -4.42. The molecule has 3 aromatic carbocycles. The molecule has 9 nitrogen and oxygen atoms in total. The smallest absolute Gasteiger partial charge is 0.322 e. The molecule has 0 spiro atoms. The van der Waals surface area contributed by atoms with Crippen molar-refractivity contribution in [3.8, 4) is 11.4 Å². The summed E-state index contributed by atoms with van der Waals surface area (Å²) >= 11 is 14.0. The molecule has 15 heteroatoms. The zero-order valence-corrected chi connectivity index (χ0v) is 33.4. The lowest BCUT2D eigenvalue weighted by Crippen LogP contribution is -2.42. The highest BCUT2D eigenvalue weighted by Gasteiger charge is 2.34. The molecule has 52 heavy (non-hydrogen) atoms. The van der Waals surface area contributed by atoms with Gasteiger partial charge in [0.1, 0.15) is 23.4 Å². The fraction of sp³-hybridized carbons (Fsp3) is 0.405. The molecule has 1 unspecified atom stereocenters. The van der Waals surface area contributed by atoms with Crippen LogP contribution in [0.4, 0.5) is 8.78 Å². The van der Waals surface area contributed by atoms with Crippen LogP contribution in [-0.2, 0) is 26.0 Å². The van der Waals surface area contributed by atoms with E-state index >= 15 is 4.39 Å². The maximum Gasteiger partial charge on any atom is 0.322 e. The standard InChI is InChI=1S/C37H44Cl2F2N4O5S2/c1-37(2,24-12-17-29(38)33(19-24)50-7)34-22-42-36(44(34)26-15-13-25(40)14-16-26)51-23-28-30(39)20-27(21-31(28)41)52(48,49)43(3)32(35(46)47)11-9-8-10-18-45(4,5)6/h12-17,19-22,32H,8-11,18,23H2,1-7H3/p+1. The van der Waals surface area contributed by atoms with Crippen molar-refractivity contribution in [1.82, 2.24) is 13.9 Å². The van der Waals surface area contributed by atoms with E-state index < -0.39 is 44.0 Å². The highest BCUT2D eigenvalue weighted by molar-refractivity contribution is 7.98. The van der Waals surface area contributed by atoms with Gasteiger partial charge in [-0.05, 0) is 73.4 Å². The topological polar surface area (TPSA) is 102 Å². The summed E-state index contributed by atoms with van der Waals surface area (Å²) in [4.78, 5) is 16.3. The van der Waals surface area contributed by atoms with Crippen LogP contribution in [0.1, 0.15) is 56.4 Å². The molecule has 1 atom stereocenters. The van der Waals surface area contributed by atoms with Gasteiger partial charge in [0.25, 0.3) is 0 Å². The Kier molecular flexibility index (Phi) is 13.5. The highest BCUT2D eigenvalue weighted by atomic mass is 35.5. The van der Waals surface area contributed by atoms with Gasteiger partial charge < -0.3 is 14.3 Å². The van der Waals surface area contributed by atoms with E-state index in [1.54, 1.807) is 24.4 Å². The molecule has 282 valence electrons. The Hall–Kier alpha value is -3.20. The first-order chi connectivity index (χ1) is 24.3. The predicted molar refractivity (Wildman–Crippen MR) is 202 cm³/mol. The lowest BCUT2D eigenvalue weighted by Gasteiger charge is -2.28. The van der Waals surface area contributed by atoms with Crippen molar-refractivity contribution >= 4 is 51.0 Å². The number of thioether (sulfide) groups is 1. The van der Waals surface area contributed by atoms with E-state index in [9.17, 15) is 22.7 Å². The van der Waals surface area contributed by atoms with E-state index in [0.29, 0.717) is 28.0 Å². The minimum Gasteiger partial charge on any atom is -0.495 e. The number of carboxylic acids is 1. The van der Waals surface area contributed by atoms with Crippen molar-refractivity contribution in [3.63, 3.8) is 0 Å². The van der Waals surface area contributed by atoms with Gasteiger partial charge in [0.05, 0.1) is 56.6 Å². The van der Waals surface area contributed by atoms with Gasteiger partial charge in [0, 0.05) is 34.5 Å². The second kappa shape index (κ2) is 16.9. The van der Waals surface area contributed by atoms with E-state index in [1.165, 1.54) is 26.3 Å². The fourth-order valence-electron chi connectivity index (χ4n) is 5.81. The number of halogens is 4. The molecule has 0 saturated carbocycles. The number of likely N-dealkylation sites (N-methyl/N-ethyl adjacent to an activating group) is 1. The third kappa shape index (κ3) is 9.66. The lowest BCUT2D eigenvalue weighted by molar-refractivity contribution is -0.870. The van der Waals surface area contributed by atoms with Crippen LogP contribution in [0.5, 0.6) is 5.75 Å². The Bertz CT molecular complexity index is 1980. The first kappa shape index (κ1) is 41.6. The molecule has 0 aliphatic carbocycles. The van der Waals surface area contributed by atoms with Gasteiger partial charge in [0.2, 0.25) is 10.0 Å². The van der Waals surface area contributed by atoms with Gasteiger partial charge >= 0.3 is 5.97 Å². The molecule has 0 bridgehead atoms. The lowest BCUT2D eigenvalue weighted by atomic mass is 9.81. The van der Waals surface area contributed by atoms with Crippen LogP contribution < -0.4 is 4.74 Å². The van der Waals surface area contributed by atoms with Gasteiger partial charge in [-0.15, -0.1) is 0 Å². The van der Waals surface area contributed by atoms with Crippen LogP contribution in [0.3, 0.4) is 0 Å². The summed E-state index contributed by atoms with van der Waals surface area (Å²) < 4.78 is 65.7. The quantitative estimate of drug-likeness (QED) is 0.0651. The average molecular weight is 799 g/mol. The summed E-state index contributed by atoms with van der Waals surface area (Å²) in [6.45, 7) is 4.89. The summed E-state index contributed by atoms with van der Waals surface area (Å²) in [6.07, 6.45) is 3.93. The van der Waals surface area contributed by atoms with Crippen molar-refractivity contribution in [2.75, 3.05) is 41.8 Å².